The van der Waals surface area contributed by atoms with E-state index in [0.29, 0.717) is 24.3 Å². The van der Waals surface area contributed by atoms with Crippen LogP contribution in [0.4, 0.5) is 0 Å². The smallest absolute Gasteiger partial charge is 0.251 e. The first-order valence-electron chi connectivity index (χ1n) is 6.96. The van der Waals surface area contributed by atoms with Gasteiger partial charge < -0.3 is 5.32 Å². The zero-order valence-electron chi connectivity index (χ0n) is 11.8. The molecule has 0 unspecified atom stereocenters. The third kappa shape index (κ3) is 3.33. The fourth-order valence-electron chi connectivity index (χ4n) is 2.47. The van der Waals surface area contributed by atoms with Gasteiger partial charge >= 0.3 is 0 Å². The molecule has 22 heavy (non-hydrogen) atoms. The van der Waals surface area contributed by atoms with Gasteiger partial charge in [-0.3, -0.25) is 9.36 Å². The number of carbonyl (C=O) groups excluding carboxylic acids is 1. The molecule has 1 amide bonds. The molecule has 1 fully saturated rings. The highest BCUT2D eigenvalue weighted by Crippen LogP contribution is 2.17. The van der Waals surface area contributed by atoms with Gasteiger partial charge in [0, 0.05) is 30.7 Å². The molecule has 7 nitrogen and oxygen atoms in total. The van der Waals surface area contributed by atoms with Crippen LogP contribution in [0.15, 0.2) is 37.1 Å². The van der Waals surface area contributed by atoms with Gasteiger partial charge in [0.05, 0.1) is 11.5 Å². The maximum absolute atomic E-state index is 12.2. The topological polar surface area (TPSA) is 94.0 Å². The van der Waals surface area contributed by atoms with Crippen LogP contribution in [0.3, 0.4) is 0 Å². The molecule has 0 radical (unpaired) electrons. The summed E-state index contributed by atoms with van der Waals surface area (Å²) in [6, 6.07) is 3.30. The second-order valence-electron chi connectivity index (χ2n) is 5.35. The Kier molecular flexibility index (Phi) is 3.93. The van der Waals surface area contributed by atoms with Crippen molar-refractivity contribution in [3.05, 3.63) is 42.6 Å². The molecule has 1 aliphatic rings. The predicted octanol–water partition coefficient (Wildman–Crippen LogP) is 0.432. The Balaban J connectivity index is 1.64. The van der Waals surface area contributed by atoms with Gasteiger partial charge in [-0.15, -0.1) is 0 Å². The first-order chi connectivity index (χ1) is 10.5. The van der Waals surface area contributed by atoms with Crippen LogP contribution < -0.4 is 5.32 Å². The van der Waals surface area contributed by atoms with Crippen molar-refractivity contribution in [3.63, 3.8) is 0 Å². The molecule has 0 bridgehead atoms. The molecule has 0 aliphatic carbocycles. The van der Waals surface area contributed by atoms with Crippen LogP contribution in [0.5, 0.6) is 0 Å². The van der Waals surface area contributed by atoms with Gasteiger partial charge in [0.1, 0.15) is 12.1 Å². The summed E-state index contributed by atoms with van der Waals surface area (Å²) < 4.78 is 24.5. The van der Waals surface area contributed by atoms with Crippen LogP contribution in [0.25, 0.3) is 5.82 Å². The Hall–Kier alpha value is -2.22. The van der Waals surface area contributed by atoms with Crippen molar-refractivity contribution in [1.29, 1.82) is 0 Å². The van der Waals surface area contributed by atoms with E-state index in [1.807, 2.05) is 0 Å². The molecule has 2 aromatic rings. The first-order valence-corrected chi connectivity index (χ1v) is 8.79. The number of sulfone groups is 1. The summed E-state index contributed by atoms with van der Waals surface area (Å²) in [5, 5.41) is 2.80. The lowest BCUT2D eigenvalue weighted by atomic mass is 10.1. The number of pyridine rings is 1. The van der Waals surface area contributed by atoms with Crippen LogP contribution in [-0.4, -0.2) is 46.9 Å². The lowest BCUT2D eigenvalue weighted by molar-refractivity contribution is 0.0948. The Morgan fingerprint density at radius 2 is 2.27 bits per heavy atom. The molecule has 0 saturated carbocycles. The quantitative estimate of drug-likeness (QED) is 0.882. The molecule has 1 N–H and O–H groups in total. The Morgan fingerprint density at radius 1 is 1.41 bits per heavy atom. The van der Waals surface area contributed by atoms with Crippen LogP contribution in [-0.2, 0) is 9.84 Å². The van der Waals surface area contributed by atoms with E-state index in [-0.39, 0.29) is 23.3 Å². The maximum Gasteiger partial charge on any atom is 0.251 e. The summed E-state index contributed by atoms with van der Waals surface area (Å²) in [6.07, 6.45) is 7.15. The highest BCUT2D eigenvalue weighted by molar-refractivity contribution is 7.91. The number of rotatable bonds is 4. The van der Waals surface area contributed by atoms with Crippen LogP contribution in [0.2, 0.25) is 0 Å². The van der Waals surface area contributed by atoms with Gasteiger partial charge in [0.15, 0.2) is 9.84 Å². The molecule has 1 atom stereocenters. The zero-order chi connectivity index (χ0) is 15.6. The van der Waals surface area contributed by atoms with Gasteiger partial charge in [0.25, 0.3) is 5.91 Å². The normalized spacial score (nSPS) is 19.9. The number of nitrogens with one attached hydrogen (secondary N) is 1. The molecule has 116 valence electrons. The Bertz CT molecular complexity index is 771. The molecule has 0 spiro atoms. The highest BCUT2D eigenvalue weighted by Gasteiger charge is 2.28. The molecule has 8 heteroatoms. The van der Waals surface area contributed by atoms with Crippen molar-refractivity contribution in [1.82, 2.24) is 19.9 Å². The lowest BCUT2D eigenvalue weighted by Crippen LogP contribution is -2.29. The second kappa shape index (κ2) is 5.88. The van der Waals surface area contributed by atoms with E-state index >= 15 is 0 Å². The van der Waals surface area contributed by atoms with E-state index in [2.05, 4.69) is 15.3 Å². The summed E-state index contributed by atoms with van der Waals surface area (Å²) in [4.78, 5) is 20.3. The molecule has 1 saturated heterocycles. The SMILES string of the molecule is O=C(NC[C@@H]1CCS(=O)(=O)C1)c1ccnc(-n2ccnc2)c1. The number of hydrogen-bond donors (Lipinski definition) is 1. The van der Waals surface area contributed by atoms with Crippen molar-refractivity contribution in [3.8, 4) is 5.82 Å². The van der Waals surface area contributed by atoms with Crippen molar-refractivity contribution >= 4 is 15.7 Å². The molecule has 1 aliphatic heterocycles. The zero-order valence-corrected chi connectivity index (χ0v) is 12.7. The molecular weight excluding hydrogens is 304 g/mol. The third-order valence-electron chi connectivity index (χ3n) is 3.65. The van der Waals surface area contributed by atoms with Crippen molar-refractivity contribution in [2.75, 3.05) is 18.1 Å². The van der Waals surface area contributed by atoms with Gasteiger partial charge in [-0.1, -0.05) is 0 Å². The fraction of sp³-hybridized carbons (Fsp3) is 0.357. The minimum atomic E-state index is -2.92. The van der Waals surface area contributed by atoms with Crippen molar-refractivity contribution in [2.45, 2.75) is 6.42 Å². The monoisotopic (exact) mass is 320 g/mol. The number of aromatic nitrogens is 3. The van der Waals surface area contributed by atoms with Crippen molar-refractivity contribution in [2.24, 2.45) is 5.92 Å². The molecular formula is C14H16N4O3S. The van der Waals surface area contributed by atoms with E-state index in [1.54, 1.807) is 41.6 Å². The predicted molar refractivity (Wildman–Crippen MR) is 80.5 cm³/mol. The molecule has 3 heterocycles. The van der Waals surface area contributed by atoms with Gasteiger partial charge in [-0.05, 0) is 24.5 Å². The maximum atomic E-state index is 12.2. The number of amides is 1. The Morgan fingerprint density at radius 3 is 2.95 bits per heavy atom. The van der Waals surface area contributed by atoms with Gasteiger partial charge in [-0.2, -0.15) is 0 Å². The summed E-state index contributed by atoms with van der Waals surface area (Å²) in [7, 11) is -2.92. The summed E-state index contributed by atoms with van der Waals surface area (Å²) in [5.74, 6) is 0.753. The second-order valence-corrected chi connectivity index (χ2v) is 7.58. The van der Waals surface area contributed by atoms with Crippen molar-refractivity contribution < 1.29 is 13.2 Å². The molecule has 0 aromatic carbocycles. The van der Waals surface area contributed by atoms with Crippen LogP contribution in [0, 0.1) is 5.92 Å². The van der Waals surface area contributed by atoms with E-state index in [1.165, 1.54) is 0 Å². The van der Waals surface area contributed by atoms with E-state index < -0.39 is 9.84 Å². The van der Waals surface area contributed by atoms with E-state index in [4.69, 9.17) is 0 Å². The Labute approximate surface area is 128 Å². The molecule has 3 rings (SSSR count). The minimum Gasteiger partial charge on any atom is -0.352 e. The van der Waals surface area contributed by atoms with Crippen LogP contribution in [0.1, 0.15) is 16.8 Å². The number of imidazole rings is 1. The van der Waals surface area contributed by atoms with E-state index in [0.717, 1.165) is 0 Å². The standard InChI is InChI=1S/C14H16N4O3S/c19-14(17-8-11-2-6-22(20,21)9-11)12-1-3-16-13(7-12)18-5-4-15-10-18/h1,3-5,7,10-11H,2,6,8-9H2,(H,17,19)/t11-/m0/s1. The van der Waals surface area contributed by atoms with E-state index in [9.17, 15) is 13.2 Å². The third-order valence-corrected chi connectivity index (χ3v) is 5.49. The fourth-order valence-corrected chi connectivity index (χ4v) is 4.33. The van der Waals surface area contributed by atoms with Gasteiger partial charge in [0.2, 0.25) is 0 Å². The summed E-state index contributed by atoms with van der Waals surface area (Å²) >= 11 is 0. The number of nitrogens with zero attached hydrogens (tertiary/aromatic N) is 3. The number of carbonyl (C=O) groups is 1. The average molecular weight is 320 g/mol. The minimum absolute atomic E-state index is 0.00362. The number of hydrogen-bond acceptors (Lipinski definition) is 5. The largest absolute Gasteiger partial charge is 0.352 e. The highest BCUT2D eigenvalue weighted by atomic mass is 32.2. The summed E-state index contributed by atoms with van der Waals surface area (Å²) in [6.45, 7) is 0.376. The first kappa shape index (κ1) is 14.7. The lowest BCUT2D eigenvalue weighted by Gasteiger charge is -2.10. The van der Waals surface area contributed by atoms with Crippen LogP contribution >= 0.6 is 0 Å². The average Bonchev–Trinajstić information content (AvgIpc) is 3.14. The molecule has 2 aromatic heterocycles. The summed E-state index contributed by atoms with van der Waals surface area (Å²) in [5.41, 5.74) is 0.486. The van der Waals surface area contributed by atoms with Gasteiger partial charge in [-0.25, -0.2) is 18.4 Å².